The first-order chi connectivity index (χ1) is 12.2. The minimum absolute atomic E-state index is 0.666. The summed E-state index contributed by atoms with van der Waals surface area (Å²) >= 11 is 0. The number of hydrogen-bond donors (Lipinski definition) is 1. The summed E-state index contributed by atoms with van der Waals surface area (Å²) < 4.78 is 5.47. The summed E-state index contributed by atoms with van der Waals surface area (Å²) in [5, 5.41) is 3.57. The smallest absolute Gasteiger partial charge is 0.193 e. The van der Waals surface area contributed by atoms with Crippen LogP contribution in [0, 0.1) is 0 Å². The van der Waals surface area contributed by atoms with Crippen LogP contribution in [0.2, 0.25) is 0 Å². The molecule has 0 radical (unpaired) electrons. The molecule has 2 heterocycles. The highest BCUT2D eigenvalue weighted by molar-refractivity contribution is 5.80. The third-order valence-electron chi connectivity index (χ3n) is 5.30. The minimum Gasteiger partial charge on any atom is -0.379 e. The second-order valence-electron chi connectivity index (χ2n) is 7.58. The molecule has 0 saturated carbocycles. The van der Waals surface area contributed by atoms with Crippen molar-refractivity contribution >= 4 is 5.96 Å². The van der Waals surface area contributed by atoms with E-state index >= 15 is 0 Å². The number of morpholine rings is 1. The Morgan fingerprint density at radius 3 is 2.52 bits per heavy atom. The number of nitrogens with zero attached hydrogens (tertiary/aromatic N) is 4. The van der Waals surface area contributed by atoms with E-state index in [1.54, 1.807) is 0 Å². The maximum atomic E-state index is 5.47. The van der Waals surface area contributed by atoms with E-state index in [0.29, 0.717) is 6.04 Å². The van der Waals surface area contributed by atoms with Gasteiger partial charge in [-0.15, -0.1) is 0 Å². The van der Waals surface area contributed by atoms with E-state index in [1.807, 2.05) is 7.05 Å². The van der Waals surface area contributed by atoms with Crippen LogP contribution >= 0.6 is 0 Å². The molecule has 0 amide bonds. The lowest BCUT2D eigenvalue weighted by Gasteiger charge is -2.32. The molecule has 146 valence electrons. The molecule has 2 rings (SSSR count). The third kappa shape index (κ3) is 7.50. The third-order valence-corrected chi connectivity index (χ3v) is 5.30. The standard InChI is InChI=1S/C19H39N5O/c1-20-19(21-10-7-5-4-6-8-11-22(2)3)24-12-9-18(17-24)23-13-15-25-16-14-23/h18H,4-17H2,1-3H3,(H,20,21). The number of aliphatic imine (C=N–C) groups is 1. The highest BCUT2D eigenvalue weighted by atomic mass is 16.5. The number of guanidine groups is 1. The summed E-state index contributed by atoms with van der Waals surface area (Å²) in [6.45, 7) is 8.41. The zero-order chi connectivity index (χ0) is 17.9. The van der Waals surface area contributed by atoms with Gasteiger partial charge in [-0.3, -0.25) is 9.89 Å². The summed E-state index contributed by atoms with van der Waals surface area (Å²) in [4.78, 5) is 11.8. The van der Waals surface area contributed by atoms with Crippen molar-refractivity contribution in [1.82, 2.24) is 20.0 Å². The highest BCUT2D eigenvalue weighted by Crippen LogP contribution is 2.17. The van der Waals surface area contributed by atoms with Gasteiger partial charge in [0.15, 0.2) is 5.96 Å². The molecule has 1 unspecified atom stereocenters. The van der Waals surface area contributed by atoms with E-state index in [2.05, 4.69) is 39.1 Å². The zero-order valence-corrected chi connectivity index (χ0v) is 16.7. The second-order valence-corrected chi connectivity index (χ2v) is 7.58. The molecular formula is C19H39N5O. The van der Waals surface area contributed by atoms with Gasteiger partial charge in [-0.2, -0.15) is 0 Å². The lowest BCUT2D eigenvalue weighted by molar-refractivity contribution is 0.0195. The van der Waals surface area contributed by atoms with Gasteiger partial charge < -0.3 is 19.9 Å². The quantitative estimate of drug-likeness (QED) is 0.386. The van der Waals surface area contributed by atoms with Crippen LogP contribution in [-0.2, 0) is 4.74 Å². The number of rotatable bonds is 9. The average Bonchev–Trinajstić information content (AvgIpc) is 3.11. The fourth-order valence-corrected chi connectivity index (χ4v) is 3.79. The first-order valence-electron chi connectivity index (χ1n) is 10.1. The molecule has 0 aromatic heterocycles. The Hall–Kier alpha value is -0.850. The van der Waals surface area contributed by atoms with Crippen molar-refractivity contribution < 1.29 is 4.74 Å². The number of unbranched alkanes of at least 4 members (excludes halogenated alkanes) is 4. The fraction of sp³-hybridized carbons (Fsp3) is 0.947. The Kier molecular flexibility index (Phi) is 9.58. The maximum absolute atomic E-state index is 5.47. The number of hydrogen-bond acceptors (Lipinski definition) is 4. The van der Waals surface area contributed by atoms with Crippen LogP contribution in [0.1, 0.15) is 38.5 Å². The van der Waals surface area contributed by atoms with Gasteiger partial charge in [-0.05, 0) is 39.9 Å². The Bertz CT molecular complexity index is 382. The van der Waals surface area contributed by atoms with E-state index in [9.17, 15) is 0 Å². The van der Waals surface area contributed by atoms with Crippen LogP contribution in [0.5, 0.6) is 0 Å². The SMILES string of the molecule is CN=C(NCCCCCCCN(C)C)N1CCC(N2CCOCC2)C1. The lowest BCUT2D eigenvalue weighted by atomic mass is 10.1. The molecule has 0 bridgehead atoms. The molecule has 6 nitrogen and oxygen atoms in total. The normalized spacial score (nSPS) is 22.8. The maximum Gasteiger partial charge on any atom is 0.193 e. The van der Waals surface area contributed by atoms with Gasteiger partial charge in [0, 0.05) is 45.8 Å². The van der Waals surface area contributed by atoms with Crippen LogP contribution in [0.25, 0.3) is 0 Å². The topological polar surface area (TPSA) is 43.3 Å². The molecule has 0 spiro atoms. The number of nitrogens with one attached hydrogen (secondary N) is 1. The molecule has 1 N–H and O–H groups in total. The lowest BCUT2D eigenvalue weighted by Crippen LogP contribution is -2.46. The summed E-state index contributed by atoms with van der Waals surface area (Å²) in [6, 6.07) is 0.666. The molecular weight excluding hydrogens is 314 g/mol. The molecule has 2 aliphatic rings. The van der Waals surface area contributed by atoms with Gasteiger partial charge in [0.25, 0.3) is 0 Å². The van der Waals surface area contributed by atoms with E-state index in [0.717, 1.165) is 51.9 Å². The van der Waals surface area contributed by atoms with E-state index < -0.39 is 0 Å². The molecule has 6 heteroatoms. The van der Waals surface area contributed by atoms with Gasteiger partial charge in [0.2, 0.25) is 0 Å². The Morgan fingerprint density at radius 1 is 1.08 bits per heavy atom. The van der Waals surface area contributed by atoms with Crippen molar-refractivity contribution in [1.29, 1.82) is 0 Å². The van der Waals surface area contributed by atoms with Crippen molar-refractivity contribution in [2.75, 3.05) is 73.6 Å². The van der Waals surface area contributed by atoms with Gasteiger partial charge >= 0.3 is 0 Å². The molecule has 0 aromatic rings. The molecule has 0 aliphatic carbocycles. The van der Waals surface area contributed by atoms with Crippen molar-refractivity contribution in [3.8, 4) is 0 Å². The Morgan fingerprint density at radius 2 is 1.80 bits per heavy atom. The van der Waals surface area contributed by atoms with E-state index in [1.165, 1.54) is 45.1 Å². The van der Waals surface area contributed by atoms with Crippen LogP contribution in [0.15, 0.2) is 4.99 Å². The van der Waals surface area contributed by atoms with Crippen molar-refractivity contribution in [2.24, 2.45) is 4.99 Å². The Labute approximate surface area is 154 Å². The van der Waals surface area contributed by atoms with Crippen molar-refractivity contribution in [3.63, 3.8) is 0 Å². The van der Waals surface area contributed by atoms with Gasteiger partial charge in [-0.1, -0.05) is 19.3 Å². The predicted molar refractivity (Wildman–Crippen MR) is 105 cm³/mol. The summed E-state index contributed by atoms with van der Waals surface area (Å²) in [5.41, 5.74) is 0. The molecule has 2 aliphatic heterocycles. The van der Waals surface area contributed by atoms with Gasteiger partial charge in [0.1, 0.15) is 0 Å². The average molecular weight is 354 g/mol. The summed E-state index contributed by atoms with van der Waals surface area (Å²) in [5.74, 6) is 1.09. The number of ether oxygens (including phenoxy) is 1. The van der Waals surface area contributed by atoms with Crippen LogP contribution in [0.3, 0.4) is 0 Å². The minimum atomic E-state index is 0.666. The first-order valence-corrected chi connectivity index (χ1v) is 10.1. The Balaban J connectivity index is 1.56. The van der Waals surface area contributed by atoms with Crippen LogP contribution < -0.4 is 5.32 Å². The van der Waals surface area contributed by atoms with E-state index in [4.69, 9.17) is 4.74 Å². The number of likely N-dealkylation sites (tertiary alicyclic amines) is 1. The largest absolute Gasteiger partial charge is 0.379 e. The molecule has 25 heavy (non-hydrogen) atoms. The zero-order valence-electron chi connectivity index (χ0n) is 16.7. The molecule has 2 saturated heterocycles. The van der Waals surface area contributed by atoms with Crippen LogP contribution in [-0.4, -0.2) is 100 Å². The second kappa shape index (κ2) is 11.7. The molecule has 2 fully saturated rings. The molecule has 1 atom stereocenters. The summed E-state index contributed by atoms with van der Waals surface area (Å²) in [6.07, 6.45) is 7.80. The van der Waals surface area contributed by atoms with Crippen molar-refractivity contribution in [2.45, 2.75) is 44.6 Å². The fourth-order valence-electron chi connectivity index (χ4n) is 3.79. The van der Waals surface area contributed by atoms with Crippen molar-refractivity contribution in [3.05, 3.63) is 0 Å². The predicted octanol–water partition coefficient (Wildman–Crippen LogP) is 1.48. The summed E-state index contributed by atoms with van der Waals surface area (Å²) in [7, 11) is 6.21. The van der Waals surface area contributed by atoms with Gasteiger partial charge in [-0.25, -0.2) is 0 Å². The monoisotopic (exact) mass is 353 g/mol. The highest BCUT2D eigenvalue weighted by Gasteiger charge is 2.30. The van der Waals surface area contributed by atoms with E-state index in [-0.39, 0.29) is 0 Å². The molecule has 0 aromatic carbocycles. The first kappa shape index (κ1) is 20.5. The van der Waals surface area contributed by atoms with Gasteiger partial charge in [0.05, 0.1) is 13.2 Å². The van der Waals surface area contributed by atoms with Crippen LogP contribution in [0.4, 0.5) is 0 Å².